The molecule has 6 heteroatoms. The zero-order chi connectivity index (χ0) is 10.5. The van der Waals surface area contributed by atoms with Crippen LogP contribution in [0.3, 0.4) is 0 Å². The molecule has 13 heavy (non-hydrogen) atoms. The van der Waals surface area contributed by atoms with Crippen molar-refractivity contribution >= 4 is 13.8 Å². The summed E-state index contributed by atoms with van der Waals surface area (Å²) < 4.78 is 19.3. The molecule has 0 amide bonds. The number of hydrogen-bond acceptors (Lipinski definition) is 4. The quantitative estimate of drug-likeness (QED) is 0.421. The van der Waals surface area contributed by atoms with E-state index in [1.165, 1.54) is 0 Å². The monoisotopic (exact) mass is 206 g/mol. The van der Waals surface area contributed by atoms with Gasteiger partial charge in [0.05, 0.1) is 0 Å². The van der Waals surface area contributed by atoms with Crippen LogP contribution in [0.25, 0.3) is 0 Å². The second-order valence-corrected chi connectivity index (χ2v) is 3.37. The van der Waals surface area contributed by atoms with Crippen molar-refractivity contribution in [2.75, 3.05) is 0 Å². The van der Waals surface area contributed by atoms with Crippen molar-refractivity contribution < 1.29 is 23.3 Å². The topological polar surface area (TPSA) is 72.8 Å². The van der Waals surface area contributed by atoms with Crippen molar-refractivity contribution in [3.63, 3.8) is 0 Å². The minimum Gasteiger partial charge on any atom is -0.400 e. The number of phosphoric acid groups is 1. The van der Waals surface area contributed by atoms with Crippen molar-refractivity contribution in [2.24, 2.45) is 0 Å². The Labute approximate surface area is 76.3 Å². The first kappa shape index (κ1) is 11.9. The maximum Gasteiger partial charge on any atom is 0.587 e. The van der Waals surface area contributed by atoms with Crippen LogP contribution in [-0.4, -0.2) is 10.9 Å². The Hall–Kier alpha value is -1.06. The lowest BCUT2D eigenvalue weighted by Crippen LogP contribution is -2.00. The fourth-order valence-corrected chi connectivity index (χ4v) is 1.19. The molecule has 1 atom stereocenters. The Balaban J connectivity index is 4.24. The minimum atomic E-state index is -4.36. The molecular weight excluding hydrogens is 195 g/mol. The zero-order valence-corrected chi connectivity index (χ0v) is 8.12. The number of hydrogen-bond donors (Lipinski definition) is 1. The average molecular weight is 206 g/mol. The number of carbonyl (C=O) groups is 1. The van der Waals surface area contributed by atoms with Gasteiger partial charge in [-0.15, -0.1) is 0 Å². The van der Waals surface area contributed by atoms with Crippen LogP contribution in [0.2, 0.25) is 0 Å². The largest absolute Gasteiger partial charge is 0.587 e. The second kappa shape index (κ2) is 4.84. The van der Waals surface area contributed by atoms with Crippen LogP contribution in [0.4, 0.5) is 0 Å². The van der Waals surface area contributed by atoms with Gasteiger partial charge in [0.2, 0.25) is 0 Å². The molecule has 0 radical (unpaired) electrons. The van der Waals surface area contributed by atoms with Crippen LogP contribution in [0.15, 0.2) is 25.0 Å². The van der Waals surface area contributed by atoms with Gasteiger partial charge in [-0.25, -0.2) is 9.36 Å². The van der Waals surface area contributed by atoms with Gasteiger partial charge in [-0.1, -0.05) is 20.1 Å². The van der Waals surface area contributed by atoms with Gasteiger partial charge in [0, 0.05) is 12.5 Å². The van der Waals surface area contributed by atoms with E-state index in [0.29, 0.717) is 6.42 Å². The first-order valence-corrected chi connectivity index (χ1v) is 4.97. The highest BCUT2D eigenvalue weighted by atomic mass is 31.2. The average Bonchev–Trinajstić information content (AvgIpc) is 2.02. The molecule has 0 aliphatic carbocycles. The minimum absolute atomic E-state index is 0.0719. The lowest BCUT2D eigenvalue weighted by molar-refractivity contribution is -0.130. The molecule has 0 fully saturated rings. The Morgan fingerprint density at radius 1 is 1.62 bits per heavy atom. The Bertz CT molecular complexity index is 270. The van der Waals surface area contributed by atoms with Crippen LogP contribution in [0, 0.1) is 0 Å². The van der Waals surface area contributed by atoms with E-state index in [2.05, 4.69) is 22.2 Å². The summed E-state index contributed by atoms with van der Waals surface area (Å²) in [6.07, 6.45) is 1.12. The van der Waals surface area contributed by atoms with E-state index < -0.39 is 13.8 Å². The van der Waals surface area contributed by atoms with E-state index in [0.717, 1.165) is 6.08 Å². The molecule has 0 aromatic heterocycles. The van der Waals surface area contributed by atoms with Gasteiger partial charge in [0.15, 0.2) is 0 Å². The normalized spacial score (nSPS) is 14.0. The van der Waals surface area contributed by atoms with E-state index in [9.17, 15) is 9.36 Å². The SMILES string of the molecule is C=CC(=O)OP(=O)(O)OC(=C)CC. The fourth-order valence-electron chi connectivity index (χ4n) is 0.397. The van der Waals surface area contributed by atoms with Crippen molar-refractivity contribution in [1.82, 2.24) is 0 Å². The molecule has 1 N–H and O–H groups in total. The van der Waals surface area contributed by atoms with Gasteiger partial charge in [0.1, 0.15) is 5.76 Å². The lowest BCUT2D eigenvalue weighted by atomic mass is 10.4. The molecule has 74 valence electrons. The predicted octanol–water partition coefficient (Wildman–Crippen LogP) is 1.76. The van der Waals surface area contributed by atoms with Gasteiger partial charge in [0.25, 0.3) is 0 Å². The molecule has 0 aromatic carbocycles. The van der Waals surface area contributed by atoms with Crippen molar-refractivity contribution in [2.45, 2.75) is 13.3 Å². The molecule has 0 spiro atoms. The maximum absolute atomic E-state index is 10.9. The first-order chi connectivity index (χ1) is 5.91. The van der Waals surface area contributed by atoms with Crippen molar-refractivity contribution in [1.29, 1.82) is 0 Å². The van der Waals surface area contributed by atoms with Crippen molar-refractivity contribution in [3.05, 3.63) is 25.0 Å². The van der Waals surface area contributed by atoms with Gasteiger partial charge >= 0.3 is 13.8 Å². The smallest absolute Gasteiger partial charge is 0.400 e. The molecule has 0 aliphatic heterocycles. The second-order valence-electron chi connectivity index (χ2n) is 2.07. The van der Waals surface area contributed by atoms with Gasteiger partial charge in [-0.3, -0.25) is 4.89 Å². The van der Waals surface area contributed by atoms with Gasteiger partial charge < -0.3 is 9.05 Å². The van der Waals surface area contributed by atoms with Gasteiger partial charge in [-0.05, 0) is 0 Å². The number of phosphoric ester groups is 1. The first-order valence-electron chi connectivity index (χ1n) is 3.47. The summed E-state index contributed by atoms with van der Waals surface area (Å²) in [5, 5.41) is 0. The summed E-state index contributed by atoms with van der Waals surface area (Å²) >= 11 is 0. The third-order valence-electron chi connectivity index (χ3n) is 1.01. The molecule has 0 saturated heterocycles. The molecule has 0 rings (SSSR count). The van der Waals surface area contributed by atoms with E-state index in [1.807, 2.05) is 0 Å². The summed E-state index contributed by atoms with van der Waals surface area (Å²) in [4.78, 5) is 19.4. The van der Waals surface area contributed by atoms with E-state index in [-0.39, 0.29) is 5.76 Å². The number of allylic oxidation sites excluding steroid dienone is 1. The number of rotatable bonds is 5. The van der Waals surface area contributed by atoms with E-state index in [1.54, 1.807) is 6.92 Å². The van der Waals surface area contributed by atoms with Crippen LogP contribution in [0.5, 0.6) is 0 Å². The van der Waals surface area contributed by atoms with Crippen LogP contribution in [0.1, 0.15) is 13.3 Å². The zero-order valence-electron chi connectivity index (χ0n) is 7.23. The Morgan fingerprint density at radius 3 is 2.54 bits per heavy atom. The van der Waals surface area contributed by atoms with E-state index >= 15 is 0 Å². The third-order valence-corrected chi connectivity index (χ3v) is 1.91. The highest BCUT2D eigenvalue weighted by molar-refractivity contribution is 7.48. The molecule has 0 aromatic rings. The molecule has 5 nitrogen and oxygen atoms in total. The van der Waals surface area contributed by atoms with Crippen LogP contribution < -0.4 is 0 Å². The number of carbonyl (C=O) groups excluding carboxylic acids is 1. The molecular formula is C7H11O5P. The third kappa shape index (κ3) is 5.22. The predicted molar refractivity (Wildman–Crippen MR) is 46.6 cm³/mol. The molecule has 0 heterocycles. The molecule has 0 saturated carbocycles. The highest BCUT2D eigenvalue weighted by Crippen LogP contribution is 2.45. The van der Waals surface area contributed by atoms with Crippen molar-refractivity contribution in [3.8, 4) is 0 Å². The Kier molecular flexibility index (Phi) is 4.45. The molecule has 1 unspecified atom stereocenters. The molecule has 0 bridgehead atoms. The fraction of sp³-hybridized carbons (Fsp3) is 0.286. The lowest BCUT2D eigenvalue weighted by Gasteiger charge is -2.11. The maximum atomic E-state index is 10.9. The van der Waals surface area contributed by atoms with Crippen LogP contribution >= 0.6 is 7.82 Å². The summed E-state index contributed by atoms with van der Waals surface area (Å²) in [6.45, 7) is 8.06. The van der Waals surface area contributed by atoms with Gasteiger partial charge in [-0.2, -0.15) is 0 Å². The highest BCUT2D eigenvalue weighted by Gasteiger charge is 2.26. The van der Waals surface area contributed by atoms with E-state index in [4.69, 9.17) is 4.89 Å². The summed E-state index contributed by atoms with van der Waals surface area (Å²) in [5.41, 5.74) is 0. The summed E-state index contributed by atoms with van der Waals surface area (Å²) in [5.74, 6) is -0.947. The Morgan fingerprint density at radius 2 is 2.15 bits per heavy atom. The molecule has 0 aliphatic rings. The standard InChI is InChI=1S/C7H11O5P/c1-4-6(3)11-13(9,10)12-7(8)5-2/h5H,2-4H2,1H3,(H,9,10). The summed E-state index contributed by atoms with van der Waals surface area (Å²) in [6, 6.07) is 0. The summed E-state index contributed by atoms with van der Waals surface area (Å²) in [7, 11) is -4.36. The van der Waals surface area contributed by atoms with Crippen LogP contribution in [-0.2, 0) is 18.4 Å².